The van der Waals surface area contributed by atoms with Crippen LogP contribution in [-0.2, 0) is 37.3 Å². The molecule has 1 aliphatic rings. The first-order valence-corrected chi connectivity index (χ1v) is 12.9. The lowest BCUT2D eigenvalue weighted by Gasteiger charge is -2.28. The second-order valence-electron chi connectivity index (χ2n) is 9.01. The van der Waals surface area contributed by atoms with Crippen LogP contribution in [0.15, 0.2) is 66.0 Å². The van der Waals surface area contributed by atoms with Crippen molar-refractivity contribution in [3.63, 3.8) is 0 Å². The molecule has 36 heavy (non-hydrogen) atoms. The summed E-state index contributed by atoms with van der Waals surface area (Å²) < 4.78 is 21.9. The number of para-hydroxylation sites is 2. The number of thiophene rings is 1. The van der Waals surface area contributed by atoms with E-state index in [0.717, 1.165) is 46.2 Å². The Balaban J connectivity index is 1.45. The molecule has 4 aromatic rings. The molecule has 0 saturated carbocycles. The van der Waals surface area contributed by atoms with Crippen LogP contribution in [0.1, 0.15) is 27.4 Å². The fourth-order valence-electron chi connectivity index (χ4n) is 4.69. The lowest BCUT2D eigenvalue weighted by atomic mass is 10.0. The number of halogens is 1. The average molecular weight is 505 g/mol. The predicted molar refractivity (Wildman–Crippen MR) is 139 cm³/mol. The number of nitrogens with zero attached hydrogens (tertiary/aromatic N) is 4. The second-order valence-corrected chi connectivity index (χ2v) is 10.0. The number of ether oxygens (including phenoxy) is 1. The van der Waals surface area contributed by atoms with Crippen LogP contribution in [0.4, 0.5) is 4.39 Å². The number of hydrogen-bond acceptors (Lipinski definition) is 5. The molecule has 0 radical (unpaired) electrons. The van der Waals surface area contributed by atoms with Gasteiger partial charge in [0.05, 0.1) is 31.5 Å². The van der Waals surface area contributed by atoms with Gasteiger partial charge in [-0.05, 0) is 29.6 Å². The van der Waals surface area contributed by atoms with Crippen molar-refractivity contribution in [1.82, 2.24) is 19.6 Å². The summed E-state index contributed by atoms with van der Waals surface area (Å²) >= 11 is 1.59. The molecule has 0 atom stereocenters. The Morgan fingerprint density at radius 2 is 1.94 bits per heavy atom. The fraction of sp³-hybridized carbons (Fsp3) is 0.286. The zero-order valence-electron chi connectivity index (χ0n) is 20.5. The predicted octanol–water partition coefficient (Wildman–Crippen LogP) is 4.84. The minimum Gasteiger partial charge on any atom is -0.494 e. The summed E-state index contributed by atoms with van der Waals surface area (Å²) in [5, 5.41) is 6.98. The quantitative estimate of drug-likeness (QED) is 0.345. The number of benzene rings is 2. The molecule has 186 valence electrons. The molecule has 8 heteroatoms. The molecule has 6 nitrogen and oxygen atoms in total. The summed E-state index contributed by atoms with van der Waals surface area (Å²) in [5.41, 5.74) is 4.62. The lowest BCUT2D eigenvalue weighted by molar-refractivity contribution is -0.129. The van der Waals surface area contributed by atoms with Crippen LogP contribution in [0.2, 0.25) is 0 Å². The Morgan fingerprint density at radius 1 is 1.14 bits per heavy atom. The molecular formula is C28H29FN4O2S. The van der Waals surface area contributed by atoms with E-state index in [1.54, 1.807) is 29.4 Å². The zero-order chi connectivity index (χ0) is 25.1. The van der Waals surface area contributed by atoms with Crippen LogP contribution in [0, 0.1) is 5.82 Å². The van der Waals surface area contributed by atoms with Crippen molar-refractivity contribution in [2.45, 2.75) is 32.5 Å². The van der Waals surface area contributed by atoms with Gasteiger partial charge in [0.1, 0.15) is 17.3 Å². The van der Waals surface area contributed by atoms with E-state index in [0.29, 0.717) is 31.6 Å². The topological polar surface area (TPSA) is 50.6 Å². The maximum Gasteiger partial charge on any atom is 0.227 e. The van der Waals surface area contributed by atoms with Gasteiger partial charge < -0.3 is 9.64 Å². The molecule has 0 fully saturated rings. The molecule has 0 saturated heterocycles. The van der Waals surface area contributed by atoms with E-state index in [-0.39, 0.29) is 11.7 Å². The van der Waals surface area contributed by atoms with Crippen LogP contribution in [0.25, 0.3) is 5.69 Å². The highest BCUT2D eigenvalue weighted by Gasteiger charge is 2.28. The first kappa shape index (κ1) is 24.2. The van der Waals surface area contributed by atoms with Crippen molar-refractivity contribution in [1.29, 1.82) is 0 Å². The second kappa shape index (κ2) is 10.6. The highest BCUT2D eigenvalue weighted by Crippen LogP contribution is 2.31. The maximum atomic E-state index is 14.3. The van der Waals surface area contributed by atoms with Crippen molar-refractivity contribution in [2.24, 2.45) is 0 Å². The number of methoxy groups -OCH3 is 1. The Labute approximate surface area is 214 Å². The van der Waals surface area contributed by atoms with Gasteiger partial charge in [0, 0.05) is 49.1 Å². The van der Waals surface area contributed by atoms with E-state index < -0.39 is 0 Å². The third kappa shape index (κ3) is 5.05. The highest BCUT2D eigenvalue weighted by atomic mass is 32.1. The third-order valence-electron chi connectivity index (χ3n) is 6.60. The van der Waals surface area contributed by atoms with Gasteiger partial charge in [0.2, 0.25) is 5.91 Å². The van der Waals surface area contributed by atoms with Gasteiger partial charge in [-0.2, -0.15) is 5.10 Å². The average Bonchev–Trinajstić information content (AvgIpc) is 3.53. The zero-order valence-corrected chi connectivity index (χ0v) is 21.3. The number of hydrogen-bond donors (Lipinski definition) is 0. The highest BCUT2D eigenvalue weighted by molar-refractivity contribution is 7.10. The van der Waals surface area contributed by atoms with Crippen molar-refractivity contribution in [2.75, 3.05) is 20.7 Å². The van der Waals surface area contributed by atoms with Gasteiger partial charge in [0.15, 0.2) is 0 Å². The number of fused-ring (bicyclic) bond motifs is 1. The lowest BCUT2D eigenvalue weighted by Crippen LogP contribution is -2.32. The van der Waals surface area contributed by atoms with Crippen LogP contribution in [-0.4, -0.2) is 46.2 Å². The summed E-state index contributed by atoms with van der Waals surface area (Å²) in [7, 11) is 3.48. The summed E-state index contributed by atoms with van der Waals surface area (Å²) in [6, 6.07) is 18.7. The van der Waals surface area contributed by atoms with Crippen LogP contribution in [0.3, 0.4) is 0 Å². The molecule has 2 aromatic heterocycles. The van der Waals surface area contributed by atoms with Crippen LogP contribution >= 0.6 is 11.3 Å². The van der Waals surface area contributed by atoms with Gasteiger partial charge in [-0.3, -0.25) is 9.69 Å². The fourth-order valence-corrected chi connectivity index (χ4v) is 5.38. The van der Waals surface area contributed by atoms with E-state index in [4.69, 9.17) is 9.84 Å². The van der Waals surface area contributed by atoms with Crippen LogP contribution < -0.4 is 4.74 Å². The molecular weight excluding hydrogens is 475 g/mol. The molecule has 0 N–H and O–H groups in total. The maximum absolute atomic E-state index is 14.3. The Bertz CT molecular complexity index is 1350. The third-order valence-corrected chi connectivity index (χ3v) is 7.48. The first-order valence-electron chi connectivity index (χ1n) is 12.0. The number of likely N-dealkylation sites (N-methyl/N-ethyl adjacent to an activating group) is 1. The minimum absolute atomic E-state index is 0.0528. The van der Waals surface area contributed by atoms with Crippen molar-refractivity contribution in [3.8, 4) is 11.4 Å². The number of aromatic nitrogens is 2. The summed E-state index contributed by atoms with van der Waals surface area (Å²) in [6.45, 7) is 2.36. The molecule has 5 rings (SSSR count). The molecule has 0 spiro atoms. The van der Waals surface area contributed by atoms with Gasteiger partial charge in [-0.1, -0.05) is 36.4 Å². The SMILES string of the molecule is COc1ccccc1-n1nc(CN(C)C(=O)Cc2cccs2)c2c1CCN(Cc1ccccc1F)C2. The van der Waals surface area contributed by atoms with E-state index in [1.807, 2.05) is 65.6 Å². The van der Waals surface area contributed by atoms with E-state index in [9.17, 15) is 9.18 Å². The van der Waals surface area contributed by atoms with Gasteiger partial charge in [-0.15, -0.1) is 11.3 Å². The van der Waals surface area contributed by atoms with E-state index in [2.05, 4.69) is 4.90 Å². The normalized spacial score (nSPS) is 13.4. The Hall–Kier alpha value is -3.49. The number of rotatable bonds is 8. The minimum atomic E-state index is -0.188. The molecule has 0 bridgehead atoms. The largest absolute Gasteiger partial charge is 0.494 e. The summed E-state index contributed by atoms with van der Waals surface area (Å²) in [4.78, 5) is 18.0. The van der Waals surface area contributed by atoms with Crippen molar-refractivity contribution >= 4 is 17.2 Å². The van der Waals surface area contributed by atoms with Gasteiger partial charge in [-0.25, -0.2) is 9.07 Å². The Kier molecular flexibility index (Phi) is 7.16. The summed E-state index contributed by atoms with van der Waals surface area (Å²) in [5.74, 6) is 0.606. The van der Waals surface area contributed by atoms with Crippen molar-refractivity contribution in [3.05, 3.63) is 99.3 Å². The standard InChI is InChI=1S/C28H29FN4O2S/c1-31(28(34)16-21-9-7-15-36-21)19-24-22-18-32(17-20-8-3-4-10-23(20)29)14-13-25(22)33(30-24)26-11-5-6-12-27(26)35-2/h3-12,15H,13-14,16-19H2,1-2H3. The molecule has 0 aliphatic carbocycles. The molecule has 3 heterocycles. The number of carbonyl (C=O) groups is 1. The number of amides is 1. The molecule has 2 aromatic carbocycles. The van der Waals surface area contributed by atoms with Gasteiger partial charge >= 0.3 is 0 Å². The van der Waals surface area contributed by atoms with Crippen molar-refractivity contribution < 1.29 is 13.9 Å². The smallest absolute Gasteiger partial charge is 0.227 e. The van der Waals surface area contributed by atoms with Gasteiger partial charge in [0.25, 0.3) is 0 Å². The Morgan fingerprint density at radius 3 is 2.72 bits per heavy atom. The van der Waals surface area contributed by atoms with E-state index in [1.165, 1.54) is 6.07 Å². The van der Waals surface area contributed by atoms with E-state index >= 15 is 0 Å². The molecule has 1 amide bonds. The monoisotopic (exact) mass is 504 g/mol. The molecule has 0 unspecified atom stereocenters. The first-order chi connectivity index (χ1) is 17.5. The summed E-state index contributed by atoms with van der Waals surface area (Å²) in [6.07, 6.45) is 1.14. The molecule has 1 aliphatic heterocycles. The van der Waals surface area contributed by atoms with Crippen LogP contribution in [0.5, 0.6) is 5.75 Å². The number of carbonyl (C=O) groups excluding carboxylic acids is 1.